The Labute approximate surface area is 221 Å². The van der Waals surface area contributed by atoms with Gasteiger partial charge in [-0.3, -0.25) is 19.5 Å². The molecule has 0 radical (unpaired) electrons. The number of rotatable bonds is 6. The van der Waals surface area contributed by atoms with Crippen LogP contribution >= 0.6 is 0 Å². The number of nitriles is 1. The zero-order valence-corrected chi connectivity index (χ0v) is 20.7. The minimum atomic E-state index is -0.810. The number of piperidine rings is 1. The van der Waals surface area contributed by atoms with E-state index in [1.807, 2.05) is 0 Å². The van der Waals surface area contributed by atoms with Crippen molar-refractivity contribution >= 4 is 23.7 Å². The molecule has 2 amide bonds. The summed E-state index contributed by atoms with van der Waals surface area (Å²) in [5.41, 5.74) is 0.921. The van der Waals surface area contributed by atoms with Crippen LogP contribution < -0.4 is 4.90 Å². The van der Waals surface area contributed by atoms with E-state index in [2.05, 4.69) is 21.4 Å². The van der Waals surface area contributed by atoms with E-state index in [0.717, 1.165) is 0 Å². The Kier molecular flexibility index (Phi) is 5.75. The van der Waals surface area contributed by atoms with E-state index < -0.39 is 29.5 Å². The van der Waals surface area contributed by atoms with Crippen molar-refractivity contribution in [2.45, 2.75) is 18.6 Å². The molecule has 12 nitrogen and oxygen atoms in total. The van der Waals surface area contributed by atoms with Crippen LogP contribution in [0.1, 0.15) is 18.8 Å². The third-order valence-corrected chi connectivity index (χ3v) is 7.61. The van der Waals surface area contributed by atoms with E-state index in [1.165, 1.54) is 35.0 Å². The lowest BCUT2D eigenvalue weighted by atomic mass is 9.95. The normalized spacial score (nSPS) is 25.2. The molecule has 2 aromatic heterocycles. The fourth-order valence-electron chi connectivity index (χ4n) is 5.56. The van der Waals surface area contributed by atoms with Crippen LogP contribution in [0.5, 0.6) is 0 Å². The minimum Gasteiger partial charge on any atom is -0.456 e. The van der Waals surface area contributed by atoms with Gasteiger partial charge in [-0.05, 0) is 24.3 Å². The van der Waals surface area contributed by atoms with E-state index in [9.17, 15) is 19.6 Å². The maximum atomic E-state index is 15.2. The quantitative estimate of drug-likeness (QED) is 0.437. The van der Waals surface area contributed by atoms with Crippen molar-refractivity contribution in [1.29, 1.82) is 5.26 Å². The molecule has 1 aromatic carbocycles. The van der Waals surface area contributed by atoms with Gasteiger partial charge in [0.15, 0.2) is 6.61 Å². The monoisotopic (exact) mass is 531 g/mol. The van der Waals surface area contributed by atoms with Crippen LogP contribution in [0.25, 0.3) is 11.1 Å². The number of aromatic nitrogens is 4. The van der Waals surface area contributed by atoms with Gasteiger partial charge in [0, 0.05) is 55.4 Å². The van der Waals surface area contributed by atoms with Crippen LogP contribution in [-0.2, 0) is 24.5 Å². The summed E-state index contributed by atoms with van der Waals surface area (Å²) in [5, 5.41) is 17.6. The number of carbonyl (C=O) groups is 3. The van der Waals surface area contributed by atoms with Crippen molar-refractivity contribution in [3.05, 3.63) is 60.4 Å². The Bertz CT molecular complexity index is 1490. The molecule has 0 bridgehead atoms. The van der Waals surface area contributed by atoms with Crippen LogP contribution in [-0.4, -0.2) is 69.1 Å². The first-order valence-corrected chi connectivity index (χ1v) is 12.2. The summed E-state index contributed by atoms with van der Waals surface area (Å²) in [7, 11) is 0. The number of nitrogens with zero attached hydrogens (tertiary/aromatic N) is 7. The van der Waals surface area contributed by atoms with Gasteiger partial charge in [0.25, 0.3) is 5.91 Å². The zero-order chi connectivity index (χ0) is 27.3. The summed E-state index contributed by atoms with van der Waals surface area (Å²) in [5.74, 6) is -1.49. The molecule has 1 unspecified atom stereocenters. The number of cyclic esters (lactones) is 1. The third-order valence-electron chi connectivity index (χ3n) is 7.61. The molecule has 2 saturated heterocycles. The average molecular weight is 532 g/mol. The molecule has 3 aliphatic rings. The van der Waals surface area contributed by atoms with Gasteiger partial charge in [-0.25, -0.2) is 13.9 Å². The van der Waals surface area contributed by atoms with Gasteiger partial charge in [0.05, 0.1) is 30.2 Å². The number of anilines is 1. The van der Waals surface area contributed by atoms with Crippen LogP contribution in [0.15, 0.2) is 48.9 Å². The third kappa shape index (κ3) is 4.04. The first-order chi connectivity index (χ1) is 18.8. The van der Waals surface area contributed by atoms with Gasteiger partial charge >= 0.3 is 12.1 Å². The molecule has 198 valence electrons. The summed E-state index contributed by atoms with van der Waals surface area (Å²) in [6.07, 6.45) is 3.30. The largest absolute Gasteiger partial charge is 0.456 e. The molecular weight excluding hydrogens is 509 g/mol. The van der Waals surface area contributed by atoms with Gasteiger partial charge in [0.2, 0.25) is 6.23 Å². The molecule has 1 saturated carbocycles. The Morgan fingerprint density at radius 2 is 2.03 bits per heavy atom. The average Bonchev–Trinajstić information content (AvgIpc) is 3.46. The number of hydrogen-bond donors (Lipinski definition) is 0. The minimum absolute atomic E-state index is 0.0697. The maximum absolute atomic E-state index is 15.2. The summed E-state index contributed by atoms with van der Waals surface area (Å²) in [6, 6.07) is 10.3. The number of amides is 2. The van der Waals surface area contributed by atoms with Crippen molar-refractivity contribution < 1.29 is 28.2 Å². The number of esters is 1. The van der Waals surface area contributed by atoms with Gasteiger partial charge in [-0.1, -0.05) is 11.3 Å². The van der Waals surface area contributed by atoms with Crippen molar-refractivity contribution in [2.24, 2.45) is 11.8 Å². The molecule has 39 heavy (non-hydrogen) atoms. The Morgan fingerprint density at radius 1 is 1.23 bits per heavy atom. The van der Waals surface area contributed by atoms with Crippen LogP contribution in [0, 0.1) is 29.0 Å². The second-order valence-corrected chi connectivity index (χ2v) is 9.70. The van der Waals surface area contributed by atoms with Crippen molar-refractivity contribution in [3.8, 4) is 17.2 Å². The highest BCUT2D eigenvalue weighted by atomic mass is 19.1. The van der Waals surface area contributed by atoms with Crippen molar-refractivity contribution in [2.75, 3.05) is 31.1 Å². The first kappa shape index (κ1) is 24.5. The summed E-state index contributed by atoms with van der Waals surface area (Å²) in [6.45, 7) is 1.85. The second-order valence-electron chi connectivity index (χ2n) is 9.70. The summed E-state index contributed by atoms with van der Waals surface area (Å²) >= 11 is 0. The molecule has 0 spiro atoms. The highest BCUT2D eigenvalue weighted by Crippen LogP contribution is 2.62. The molecule has 4 heterocycles. The summed E-state index contributed by atoms with van der Waals surface area (Å²) < 4.78 is 26.7. The lowest BCUT2D eigenvalue weighted by Crippen LogP contribution is -2.37. The van der Waals surface area contributed by atoms with Crippen LogP contribution in [0.4, 0.5) is 14.9 Å². The van der Waals surface area contributed by atoms with Gasteiger partial charge in [-0.15, -0.1) is 5.10 Å². The Hall–Kier alpha value is -4.86. The summed E-state index contributed by atoms with van der Waals surface area (Å²) in [4.78, 5) is 43.0. The smallest absolute Gasteiger partial charge is 0.416 e. The van der Waals surface area contributed by atoms with E-state index in [0.29, 0.717) is 35.6 Å². The molecular formula is C26H22FN7O5. The Morgan fingerprint density at radius 3 is 2.64 bits per heavy atom. The predicted molar refractivity (Wildman–Crippen MR) is 130 cm³/mol. The van der Waals surface area contributed by atoms with Crippen molar-refractivity contribution in [3.63, 3.8) is 0 Å². The standard InChI is InChI=1S/C26H22FN7O5/c1-15(35)38-13-23(36)32-10-19-20(11-32)26(19,14-28)22-5-2-16(9-29-22)18-4-3-17(8-21(18)27)33-12-24(39-25(33)37)34-7-6-30-31-34/h2-9,19-20,24H,10-13H2,1H3/t19-,20+,24?,26+. The van der Waals surface area contributed by atoms with Crippen LogP contribution in [0.2, 0.25) is 0 Å². The molecule has 2 aliphatic heterocycles. The topological polar surface area (TPSA) is 144 Å². The highest BCUT2D eigenvalue weighted by molar-refractivity contribution is 5.90. The second kappa shape index (κ2) is 9.16. The fourth-order valence-corrected chi connectivity index (χ4v) is 5.56. The number of carbonyl (C=O) groups excluding carboxylic acids is 3. The zero-order valence-electron chi connectivity index (χ0n) is 20.7. The SMILES string of the molecule is CC(=O)OCC(=O)N1C[C@@H]2[C@H](C1)[C@@]2(C#N)c1ccc(-c2ccc(N3CC(n4ccnn4)OC3=O)cc2F)cn1. The molecule has 3 fully saturated rings. The molecule has 4 atom stereocenters. The molecule has 6 rings (SSSR count). The molecule has 0 N–H and O–H groups in total. The number of pyridine rings is 1. The maximum Gasteiger partial charge on any atom is 0.416 e. The van der Waals surface area contributed by atoms with Gasteiger partial charge in [-0.2, -0.15) is 5.26 Å². The van der Waals surface area contributed by atoms with Gasteiger partial charge in [0.1, 0.15) is 11.2 Å². The number of hydrogen-bond acceptors (Lipinski definition) is 9. The number of fused-ring (bicyclic) bond motifs is 1. The van der Waals surface area contributed by atoms with E-state index in [4.69, 9.17) is 9.47 Å². The predicted octanol–water partition coefficient (Wildman–Crippen LogP) is 2.05. The van der Waals surface area contributed by atoms with Crippen molar-refractivity contribution in [1.82, 2.24) is 24.9 Å². The van der Waals surface area contributed by atoms with E-state index >= 15 is 4.39 Å². The Balaban J connectivity index is 1.14. The fraction of sp³-hybridized carbons (Fsp3) is 0.346. The lowest BCUT2D eigenvalue weighted by Gasteiger charge is -2.22. The molecule has 1 aliphatic carbocycles. The molecule has 13 heteroatoms. The van der Waals surface area contributed by atoms with Gasteiger partial charge < -0.3 is 14.4 Å². The number of likely N-dealkylation sites (tertiary alicyclic amines) is 1. The lowest BCUT2D eigenvalue weighted by molar-refractivity contribution is -0.150. The first-order valence-electron chi connectivity index (χ1n) is 12.2. The number of ether oxygens (including phenoxy) is 2. The number of halogens is 1. The van der Waals surface area contributed by atoms with Crippen LogP contribution in [0.3, 0.4) is 0 Å². The van der Waals surface area contributed by atoms with E-state index in [1.54, 1.807) is 35.4 Å². The highest BCUT2D eigenvalue weighted by Gasteiger charge is 2.71. The number of benzene rings is 1. The van der Waals surface area contributed by atoms with E-state index in [-0.39, 0.29) is 30.9 Å². The molecule has 3 aromatic rings.